The Morgan fingerprint density at radius 2 is 2.03 bits per heavy atom. The SMILES string of the molecule is CCOc1cc(/C=N\NC(=O)C(=O)NCc2ccc3c(c2)OCO3)cc(Cl)c1O. The number of fused-ring (bicyclic) bond motifs is 1. The standard InChI is InChI=1S/C19H18ClN3O6/c1-2-27-16-7-12(5-13(20)17(16)24)9-22-23-19(26)18(25)21-8-11-3-4-14-15(6-11)29-10-28-14/h3-7,9,24H,2,8,10H2,1H3,(H,21,25)(H,23,26)/b22-9-. The van der Waals surface area contributed by atoms with Crippen LogP contribution >= 0.6 is 11.6 Å². The maximum absolute atomic E-state index is 11.9. The van der Waals surface area contributed by atoms with Crippen molar-refractivity contribution in [3.8, 4) is 23.0 Å². The van der Waals surface area contributed by atoms with Gasteiger partial charge in [0.2, 0.25) is 6.79 Å². The molecule has 2 aromatic rings. The van der Waals surface area contributed by atoms with E-state index in [4.69, 9.17) is 25.8 Å². The summed E-state index contributed by atoms with van der Waals surface area (Å²) in [6.45, 7) is 2.39. The highest BCUT2D eigenvalue weighted by atomic mass is 35.5. The van der Waals surface area contributed by atoms with Crippen molar-refractivity contribution in [3.63, 3.8) is 0 Å². The van der Waals surface area contributed by atoms with E-state index in [1.165, 1.54) is 18.3 Å². The third-order valence-electron chi connectivity index (χ3n) is 3.83. The van der Waals surface area contributed by atoms with E-state index in [9.17, 15) is 14.7 Å². The van der Waals surface area contributed by atoms with Crippen LogP contribution < -0.4 is 25.0 Å². The fourth-order valence-electron chi connectivity index (χ4n) is 2.46. The van der Waals surface area contributed by atoms with Crippen LogP contribution in [-0.2, 0) is 16.1 Å². The first kappa shape index (κ1) is 20.3. The summed E-state index contributed by atoms with van der Waals surface area (Å²) in [6, 6.07) is 8.15. The number of aromatic hydroxyl groups is 1. The molecule has 0 saturated carbocycles. The average molecular weight is 420 g/mol. The molecule has 1 aliphatic heterocycles. The Hall–Kier alpha value is -3.46. The first-order valence-corrected chi connectivity index (χ1v) is 9.00. The summed E-state index contributed by atoms with van der Waals surface area (Å²) in [4.78, 5) is 23.8. The normalized spacial score (nSPS) is 12.1. The number of nitrogens with zero attached hydrogens (tertiary/aromatic N) is 1. The summed E-state index contributed by atoms with van der Waals surface area (Å²) in [5.41, 5.74) is 3.34. The van der Waals surface area contributed by atoms with Gasteiger partial charge in [-0.3, -0.25) is 9.59 Å². The summed E-state index contributed by atoms with van der Waals surface area (Å²) >= 11 is 5.92. The van der Waals surface area contributed by atoms with Gasteiger partial charge in [-0.05, 0) is 42.3 Å². The van der Waals surface area contributed by atoms with Gasteiger partial charge in [0.1, 0.15) is 0 Å². The number of nitrogens with one attached hydrogen (secondary N) is 2. The zero-order chi connectivity index (χ0) is 20.8. The molecule has 1 heterocycles. The van der Waals surface area contributed by atoms with Gasteiger partial charge in [0.25, 0.3) is 0 Å². The Morgan fingerprint density at radius 1 is 1.24 bits per heavy atom. The molecule has 0 radical (unpaired) electrons. The van der Waals surface area contributed by atoms with E-state index >= 15 is 0 Å². The van der Waals surface area contributed by atoms with Gasteiger partial charge in [-0.15, -0.1) is 0 Å². The number of carbonyl (C=O) groups excluding carboxylic acids is 2. The van der Waals surface area contributed by atoms with Gasteiger partial charge in [-0.25, -0.2) is 5.43 Å². The van der Waals surface area contributed by atoms with Crippen LogP contribution in [0.25, 0.3) is 0 Å². The van der Waals surface area contributed by atoms with Crippen molar-refractivity contribution in [2.45, 2.75) is 13.5 Å². The predicted molar refractivity (Wildman–Crippen MR) is 104 cm³/mol. The second kappa shape index (κ2) is 9.16. The molecule has 9 nitrogen and oxygen atoms in total. The van der Waals surface area contributed by atoms with Gasteiger partial charge < -0.3 is 24.6 Å². The number of amides is 2. The first-order valence-electron chi connectivity index (χ1n) is 8.63. The van der Waals surface area contributed by atoms with E-state index in [1.807, 2.05) is 0 Å². The smallest absolute Gasteiger partial charge is 0.329 e. The molecule has 2 aromatic carbocycles. The number of hydrazone groups is 1. The molecule has 3 N–H and O–H groups in total. The number of ether oxygens (including phenoxy) is 3. The fourth-order valence-corrected chi connectivity index (χ4v) is 2.68. The molecule has 1 aliphatic rings. The van der Waals surface area contributed by atoms with Crippen molar-refractivity contribution >= 4 is 29.6 Å². The molecular weight excluding hydrogens is 402 g/mol. The van der Waals surface area contributed by atoms with Crippen molar-refractivity contribution in [3.05, 3.63) is 46.5 Å². The van der Waals surface area contributed by atoms with E-state index in [-0.39, 0.29) is 29.9 Å². The summed E-state index contributed by atoms with van der Waals surface area (Å²) in [5, 5.41) is 16.1. The lowest BCUT2D eigenvalue weighted by Crippen LogP contribution is -2.37. The van der Waals surface area contributed by atoms with Crippen LogP contribution in [-0.4, -0.2) is 36.5 Å². The number of hydrogen-bond donors (Lipinski definition) is 3. The quantitative estimate of drug-likeness (QED) is 0.374. The highest BCUT2D eigenvalue weighted by Crippen LogP contribution is 2.35. The van der Waals surface area contributed by atoms with Gasteiger partial charge in [-0.1, -0.05) is 17.7 Å². The summed E-state index contributed by atoms with van der Waals surface area (Å²) < 4.78 is 15.7. The monoisotopic (exact) mass is 419 g/mol. The van der Waals surface area contributed by atoms with E-state index in [0.29, 0.717) is 23.7 Å². The summed E-state index contributed by atoms with van der Waals surface area (Å²) in [6.07, 6.45) is 1.27. The van der Waals surface area contributed by atoms with Crippen LogP contribution in [0.15, 0.2) is 35.4 Å². The minimum Gasteiger partial charge on any atom is -0.503 e. The average Bonchev–Trinajstić information content (AvgIpc) is 3.17. The molecule has 10 heteroatoms. The molecule has 0 atom stereocenters. The third-order valence-corrected chi connectivity index (χ3v) is 4.11. The van der Waals surface area contributed by atoms with Crippen LogP contribution in [0.4, 0.5) is 0 Å². The topological polar surface area (TPSA) is 118 Å². The Kier molecular flexibility index (Phi) is 6.40. The van der Waals surface area contributed by atoms with Gasteiger partial charge >= 0.3 is 11.8 Å². The molecule has 3 rings (SSSR count). The molecule has 0 saturated heterocycles. The molecule has 0 spiro atoms. The Bertz CT molecular complexity index is 963. The van der Waals surface area contributed by atoms with Crippen molar-refractivity contribution in [2.75, 3.05) is 13.4 Å². The van der Waals surface area contributed by atoms with E-state index in [2.05, 4.69) is 15.8 Å². The van der Waals surface area contributed by atoms with E-state index in [0.717, 1.165) is 5.56 Å². The van der Waals surface area contributed by atoms with Crippen LogP contribution in [0.2, 0.25) is 5.02 Å². The van der Waals surface area contributed by atoms with Gasteiger partial charge in [-0.2, -0.15) is 5.10 Å². The Labute approximate surface area is 171 Å². The predicted octanol–water partition coefficient (Wildman–Crippen LogP) is 1.94. The zero-order valence-electron chi connectivity index (χ0n) is 15.4. The lowest BCUT2D eigenvalue weighted by atomic mass is 10.2. The first-order chi connectivity index (χ1) is 14.0. The van der Waals surface area contributed by atoms with Gasteiger partial charge in [0.05, 0.1) is 17.8 Å². The van der Waals surface area contributed by atoms with Crippen LogP contribution in [0.3, 0.4) is 0 Å². The lowest BCUT2D eigenvalue weighted by molar-refractivity contribution is -0.139. The zero-order valence-corrected chi connectivity index (χ0v) is 16.2. The summed E-state index contributed by atoms with van der Waals surface area (Å²) in [7, 11) is 0. The Balaban J connectivity index is 1.53. The van der Waals surface area contributed by atoms with Crippen LogP contribution in [0, 0.1) is 0 Å². The molecule has 152 valence electrons. The van der Waals surface area contributed by atoms with Crippen LogP contribution in [0.5, 0.6) is 23.0 Å². The highest BCUT2D eigenvalue weighted by Gasteiger charge is 2.15. The number of phenols is 1. The van der Waals surface area contributed by atoms with Crippen molar-refractivity contribution in [1.29, 1.82) is 0 Å². The maximum Gasteiger partial charge on any atom is 0.329 e. The minimum atomic E-state index is -0.933. The number of benzene rings is 2. The molecule has 0 aliphatic carbocycles. The molecule has 2 amide bonds. The molecule has 0 aromatic heterocycles. The largest absolute Gasteiger partial charge is 0.503 e. The molecule has 0 bridgehead atoms. The second-order valence-corrected chi connectivity index (χ2v) is 6.26. The highest BCUT2D eigenvalue weighted by molar-refractivity contribution is 6.35. The summed E-state index contributed by atoms with van der Waals surface area (Å²) in [5.74, 6) is -0.555. The number of carbonyl (C=O) groups is 2. The number of halogens is 1. The lowest BCUT2D eigenvalue weighted by Gasteiger charge is -2.08. The number of phenolic OH excluding ortho intramolecular Hbond substituents is 1. The van der Waals surface area contributed by atoms with Crippen LogP contribution in [0.1, 0.15) is 18.1 Å². The van der Waals surface area contributed by atoms with E-state index in [1.54, 1.807) is 25.1 Å². The maximum atomic E-state index is 11.9. The van der Waals surface area contributed by atoms with Gasteiger partial charge in [0, 0.05) is 6.54 Å². The number of rotatable bonds is 6. The fraction of sp³-hybridized carbons (Fsp3) is 0.211. The molecule has 0 unspecified atom stereocenters. The minimum absolute atomic E-state index is 0.0743. The van der Waals surface area contributed by atoms with Crippen molar-refractivity contribution < 1.29 is 28.9 Å². The second-order valence-electron chi connectivity index (χ2n) is 5.85. The van der Waals surface area contributed by atoms with Gasteiger partial charge in [0.15, 0.2) is 23.0 Å². The number of hydrogen-bond acceptors (Lipinski definition) is 7. The van der Waals surface area contributed by atoms with E-state index < -0.39 is 11.8 Å². The molecule has 29 heavy (non-hydrogen) atoms. The molecule has 0 fully saturated rings. The van der Waals surface area contributed by atoms with Crippen molar-refractivity contribution in [1.82, 2.24) is 10.7 Å². The van der Waals surface area contributed by atoms with Crippen molar-refractivity contribution in [2.24, 2.45) is 5.10 Å². The Morgan fingerprint density at radius 3 is 2.83 bits per heavy atom. The third kappa shape index (κ3) is 5.08. The molecular formula is C19H18ClN3O6.